The number of benzene rings is 1. The fourth-order valence-corrected chi connectivity index (χ4v) is 2.13. The first-order chi connectivity index (χ1) is 10.2. The van der Waals surface area contributed by atoms with Crippen LogP contribution in [0.2, 0.25) is 0 Å². The molecule has 0 aliphatic heterocycles. The van der Waals surface area contributed by atoms with E-state index in [1.165, 1.54) is 6.07 Å². The van der Waals surface area contributed by atoms with Gasteiger partial charge in [0.05, 0.1) is 5.69 Å². The lowest BCUT2D eigenvalue weighted by Gasteiger charge is -2.11. The molecule has 0 unspecified atom stereocenters. The van der Waals surface area contributed by atoms with Crippen LogP contribution in [-0.4, -0.2) is 10.2 Å². The Labute approximate surface area is 123 Å². The molecule has 1 aromatic carbocycles. The number of ether oxygens (including phenoxy) is 1. The van der Waals surface area contributed by atoms with Gasteiger partial charge < -0.3 is 4.74 Å². The fraction of sp³-hybridized carbons (Fsp3) is 0.312. The van der Waals surface area contributed by atoms with Gasteiger partial charge in [0.2, 0.25) is 0 Å². The highest BCUT2D eigenvalue weighted by atomic mass is 19.1. The third-order valence-corrected chi connectivity index (χ3v) is 3.25. The van der Waals surface area contributed by atoms with E-state index in [-0.39, 0.29) is 18.3 Å². The van der Waals surface area contributed by atoms with Gasteiger partial charge in [-0.25, -0.2) is 4.39 Å². The maximum atomic E-state index is 13.6. The van der Waals surface area contributed by atoms with Crippen LogP contribution >= 0.6 is 0 Å². The van der Waals surface area contributed by atoms with Gasteiger partial charge in [-0.3, -0.25) is 0 Å². The third kappa shape index (κ3) is 3.16. The molecule has 2 rings (SSSR count). The molecule has 0 amide bonds. The Hall–Kier alpha value is -2.48. The summed E-state index contributed by atoms with van der Waals surface area (Å²) in [6, 6.07) is 8.47. The Morgan fingerprint density at radius 3 is 2.57 bits per heavy atom. The smallest absolute Gasteiger partial charge is 0.252 e. The predicted octanol–water partition coefficient (Wildman–Crippen LogP) is 3.19. The number of nitrogens with zero attached hydrogens (tertiary/aromatic N) is 3. The number of hydrogen-bond donors (Lipinski definition) is 0. The lowest BCUT2D eigenvalue weighted by Crippen LogP contribution is -2.08. The second kappa shape index (κ2) is 6.80. The van der Waals surface area contributed by atoms with Gasteiger partial charge in [-0.15, -0.1) is 5.10 Å². The van der Waals surface area contributed by atoms with Crippen LogP contribution in [0.5, 0.6) is 5.88 Å². The molecule has 0 spiro atoms. The molecule has 2 aromatic rings. The Morgan fingerprint density at radius 1 is 1.19 bits per heavy atom. The Morgan fingerprint density at radius 2 is 1.95 bits per heavy atom. The molecule has 1 heterocycles. The molecule has 5 heteroatoms. The van der Waals surface area contributed by atoms with E-state index in [9.17, 15) is 9.65 Å². The summed E-state index contributed by atoms with van der Waals surface area (Å²) >= 11 is 0. The SMILES string of the molecule is CCc1nnc(OCc2ccccc2F)c(C#N)c1CC. The lowest BCUT2D eigenvalue weighted by atomic mass is 10.0. The molecule has 0 bridgehead atoms. The van der Waals surface area contributed by atoms with E-state index in [2.05, 4.69) is 16.3 Å². The topological polar surface area (TPSA) is 58.8 Å². The highest BCUT2D eigenvalue weighted by Crippen LogP contribution is 2.22. The zero-order chi connectivity index (χ0) is 15.2. The highest BCUT2D eigenvalue weighted by Gasteiger charge is 2.15. The Bertz CT molecular complexity index is 680. The maximum absolute atomic E-state index is 13.6. The van der Waals surface area contributed by atoms with Gasteiger partial charge in [-0.2, -0.15) is 10.4 Å². The van der Waals surface area contributed by atoms with Crippen LogP contribution < -0.4 is 4.74 Å². The molecule has 0 atom stereocenters. The van der Waals surface area contributed by atoms with Crippen molar-refractivity contribution in [3.63, 3.8) is 0 Å². The summed E-state index contributed by atoms with van der Waals surface area (Å²) in [7, 11) is 0. The molecule has 0 saturated carbocycles. The summed E-state index contributed by atoms with van der Waals surface area (Å²) in [4.78, 5) is 0. The van der Waals surface area contributed by atoms with E-state index in [0.717, 1.165) is 11.3 Å². The third-order valence-electron chi connectivity index (χ3n) is 3.25. The molecule has 0 radical (unpaired) electrons. The molecule has 4 nitrogen and oxygen atoms in total. The van der Waals surface area contributed by atoms with Crippen LogP contribution in [0.4, 0.5) is 4.39 Å². The minimum atomic E-state index is -0.343. The van der Waals surface area contributed by atoms with Crippen LogP contribution in [0.15, 0.2) is 24.3 Å². The zero-order valence-electron chi connectivity index (χ0n) is 12.1. The van der Waals surface area contributed by atoms with Crippen LogP contribution in [-0.2, 0) is 19.4 Å². The molecule has 108 valence electrons. The monoisotopic (exact) mass is 285 g/mol. The van der Waals surface area contributed by atoms with Crippen molar-refractivity contribution >= 4 is 0 Å². The number of halogens is 1. The van der Waals surface area contributed by atoms with E-state index in [1.807, 2.05) is 13.8 Å². The highest BCUT2D eigenvalue weighted by molar-refractivity contribution is 5.46. The molecule has 0 N–H and O–H groups in total. The molecule has 0 fully saturated rings. The van der Waals surface area contributed by atoms with Gasteiger partial charge in [-0.1, -0.05) is 32.0 Å². The van der Waals surface area contributed by atoms with Crippen molar-refractivity contribution in [3.8, 4) is 11.9 Å². The van der Waals surface area contributed by atoms with Gasteiger partial charge >= 0.3 is 0 Å². The number of nitriles is 1. The number of rotatable bonds is 5. The van der Waals surface area contributed by atoms with E-state index in [0.29, 0.717) is 24.0 Å². The van der Waals surface area contributed by atoms with Crippen molar-refractivity contribution < 1.29 is 9.13 Å². The van der Waals surface area contributed by atoms with E-state index < -0.39 is 0 Å². The summed E-state index contributed by atoms with van der Waals surface area (Å²) < 4.78 is 19.1. The standard InChI is InChI=1S/C16H16FN3O/c1-3-12-13(9-18)16(20-19-15(12)4-2)21-10-11-7-5-6-8-14(11)17/h5-8H,3-4,10H2,1-2H3. The van der Waals surface area contributed by atoms with Crippen molar-refractivity contribution in [1.82, 2.24) is 10.2 Å². The van der Waals surface area contributed by atoms with E-state index in [4.69, 9.17) is 4.74 Å². The minimum absolute atomic E-state index is 0.0185. The largest absolute Gasteiger partial charge is 0.471 e. The van der Waals surface area contributed by atoms with Crippen molar-refractivity contribution in [2.75, 3.05) is 0 Å². The van der Waals surface area contributed by atoms with E-state index >= 15 is 0 Å². The molecule has 21 heavy (non-hydrogen) atoms. The van der Waals surface area contributed by atoms with Crippen LogP contribution in [0.25, 0.3) is 0 Å². The number of hydrogen-bond acceptors (Lipinski definition) is 4. The maximum Gasteiger partial charge on any atom is 0.252 e. The van der Waals surface area contributed by atoms with Crippen LogP contribution in [0.3, 0.4) is 0 Å². The van der Waals surface area contributed by atoms with Crippen LogP contribution in [0.1, 0.15) is 36.2 Å². The second-order valence-corrected chi connectivity index (χ2v) is 4.50. The molecular weight excluding hydrogens is 269 g/mol. The normalized spacial score (nSPS) is 10.2. The van der Waals surface area contributed by atoms with Crippen molar-refractivity contribution in [2.24, 2.45) is 0 Å². The fourth-order valence-electron chi connectivity index (χ4n) is 2.13. The van der Waals surface area contributed by atoms with Crippen molar-refractivity contribution in [1.29, 1.82) is 5.26 Å². The van der Waals surface area contributed by atoms with Crippen LogP contribution in [0, 0.1) is 17.1 Å². The summed E-state index contributed by atoms with van der Waals surface area (Å²) in [5, 5.41) is 17.4. The Kier molecular flexibility index (Phi) is 4.83. The average Bonchev–Trinajstić information content (AvgIpc) is 2.52. The minimum Gasteiger partial charge on any atom is -0.471 e. The zero-order valence-corrected chi connectivity index (χ0v) is 12.1. The molecule has 0 aliphatic carbocycles. The number of aryl methyl sites for hydroxylation is 1. The number of aromatic nitrogens is 2. The summed E-state index contributed by atoms with van der Waals surface area (Å²) in [6.45, 7) is 3.94. The Balaban J connectivity index is 2.29. The summed E-state index contributed by atoms with van der Waals surface area (Å²) in [5.41, 5.74) is 2.45. The average molecular weight is 285 g/mol. The van der Waals surface area contributed by atoms with Crippen molar-refractivity contribution in [2.45, 2.75) is 33.3 Å². The van der Waals surface area contributed by atoms with Crippen molar-refractivity contribution in [3.05, 3.63) is 52.5 Å². The summed E-state index contributed by atoms with van der Waals surface area (Å²) in [6.07, 6.45) is 1.39. The van der Waals surface area contributed by atoms with Gasteiger partial charge in [0.25, 0.3) is 5.88 Å². The summed E-state index contributed by atoms with van der Waals surface area (Å²) in [5.74, 6) is -0.181. The van der Waals surface area contributed by atoms with Gasteiger partial charge in [0.1, 0.15) is 24.1 Å². The lowest BCUT2D eigenvalue weighted by molar-refractivity contribution is 0.282. The first kappa shape index (κ1) is 14.9. The molecule has 1 aromatic heterocycles. The molecular formula is C16H16FN3O. The van der Waals surface area contributed by atoms with Gasteiger partial charge in [-0.05, 0) is 24.5 Å². The predicted molar refractivity (Wildman–Crippen MR) is 76.2 cm³/mol. The first-order valence-corrected chi connectivity index (χ1v) is 6.85. The second-order valence-electron chi connectivity index (χ2n) is 4.50. The van der Waals surface area contributed by atoms with Gasteiger partial charge in [0, 0.05) is 5.56 Å². The molecule has 0 saturated heterocycles. The molecule has 0 aliphatic rings. The van der Waals surface area contributed by atoms with Gasteiger partial charge in [0.15, 0.2) is 0 Å². The quantitative estimate of drug-likeness (QED) is 0.846. The van der Waals surface area contributed by atoms with E-state index in [1.54, 1.807) is 18.2 Å². The first-order valence-electron chi connectivity index (χ1n) is 6.85.